The highest BCUT2D eigenvalue weighted by atomic mass is 79.9. The highest BCUT2D eigenvalue weighted by Crippen LogP contribution is 2.36. The van der Waals surface area contributed by atoms with Crippen LogP contribution >= 0.6 is 15.9 Å². The van der Waals surface area contributed by atoms with E-state index in [9.17, 15) is 19.2 Å². The summed E-state index contributed by atoms with van der Waals surface area (Å²) < 4.78 is 22.6. The highest BCUT2D eigenvalue weighted by molar-refractivity contribution is 9.08. The van der Waals surface area contributed by atoms with Crippen molar-refractivity contribution < 1.29 is 38.0 Å². The fourth-order valence-electron chi connectivity index (χ4n) is 4.98. The molecule has 2 N–H and O–H groups in total. The predicted octanol–water partition coefficient (Wildman–Crippen LogP) is 10.2. The molecule has 4 aromatic carbocycles. The molecule has 0 aliphatic carbocycles. The first-order valence-corrected chi connectivity index (χ1v) is 19.4. The van der Waals surface area contributed by atoms with Gasteiger partial charge >= 0.3 is 19.3 Å². The molecule has 56 heavy (non-hydrogen) atoms. The van der Waals surface area contributed by atoms with Crippen molar-refractivity contribution >= 4 is 64.6 Å². The second-order valence-electron chi connectivity index (χ2n) is 16.2. The third kappa shape index (κ3) is 15.4. The van der Waals surface area contributed by atoms with Crippen LogP contribution in [0.5, 0.6) is 0 Å². The molecule has 0 bridgehead atoms. The number of anilines is 2. The van der Waals surface area contributed by atoms with Gasteiger partial charge in [0.2, 0.25) is 0 Å². The molecule has 1 aliphatic heterocycles. The Morgan fingerprint density at radius 3 is 1.50 bits per heavy atom. The zero-order valence-electron chi connectivity index (χ0n) is 34.0. The minimum absolute atomic E-state index is 0.397. The summed E-state index contributed by atoms with van der Waals surface area (Å²) in [5.74, 6) is 0. The molecule has 1 fully saturated rings. The summed E-state index contributed by atoms with van der Waals surface area (Å²) in [6.07, 6.45) is 1.45. The minimum atomic E-state index is -0.534. The first-order chi connectivity index (χ1) is 26.1. The monoisotopic (exact) mass is 828 g/mol. The number of nitrogens with one attached hydrogen (secondary N) is 2. The van der Waals surface area contributed by atoms with Crippen LogP contribution < -0.4 is 16.1 Å². The Balaban J connectivity index is 0.000000242. The van der Waals surface area contributed by atoms with E-state index in [4.69, 9.17) is 18.8 Å². The minimum Gasteiger partial charge on any atom is -0.444 e. The number of benzene rings is 4. The first kappa shape index (κ1) is 45.6. The predicted molar refractivity (Wildman–Crippen MR) is 227 cm³/mol. The number of carbonyl (C=O) groups excluding carboxylic acids is 4. The van der Waals surface area contributed by atoms with E-state index in [1.54, 1.807) is 18.2 Å². The lowest BCUT2D eigenvalue weighted by Crippen LogP contribution is -2.41. The van der Waals surface area contributed by atoms with Crippen molar-refractivity contribution in [3.63, 3.8) is 0 Å². The number of ether oxygens (including phenoxy) is 2. The lowest BCUT2D eigenvalue weighted by molar-refractivity contribution is 0.00578. The van der Waals surface area contributed by atoms with E-state index in [1.807, 2.05) is 148 Å². The number of halogens is 1. The van der Waals surface area contributed by atoms with Gasteiger partial charge in [-0.15, -0.1) is 0 Å². The van der Waals surface area contributed by atoms with Crippen molar-refractivity contribution in [1.29, 1.82) is 0 Å². The van der Waals surface area contributed by atoms with E-state index in [-0.39, 0.29) is 0 Å². The van der Waals surface area contributed by atoms with Gasteiger partial charge in [0.25, 0.3) is 0 Å². The van der Waals surface area contributed by atoms with Gasteiger partial charge in [-0.05, 0) is 122 Å². The summed E-state index contributed by atoms with van der Waals surface area (Å²) in [7, 11) is -0.458. The molecular weight excluding hydrogens is 775 g/mol. The molecule has 0 unspecified atom stereocenters. The molecule has 12 heteroatoms. The average Bonchev–Trinajstić information content (AvgIpc) is 3.33. The van der Waals surface area contributed by atoms with E-state index in [0.717, 1.165) is 46.5 Å². The van der Waals surface area contributed by atoms with Crippen molar-refractivity contribution in [2.45, 2.75) is 103 Å². The molecule has 10 nitrogen and oxygen atoms in total. The SMILES string of the molecule is CC(C)(C)OC(=O)Nc1cccc(B2OC(C)(C)C(C)(C)O2)c1.CC(C)(C)OC(=O)Nc1cccc(Cc2ccc(C=O)cc2)c1.O=Cc1ccc(CBr)cc1. The Kier molecular flexibility index (Phi) is 16.2. The lowest BCUT2D eigenvalue weighted by Gasteiger charge is -2.32. The van der Waals surface area contributed by atoms with Gasteiger partial charge in [0.15, 0.2) is 0 Å². The quantitative estimate of drug-likeness (QED) is 0.102. The molecule has 298 valence electrons. The summed E-state index contributed by atoms with van der Waals surface area (Å²) in [5, 5.41) is 6.31. The molecule has 0 aromatic heterocycles. The third-order valence-electron chi connectivity index (χ3n) is 8.42. The molecule has 5 rings (SSSR count). The van der Waals surface area contributed by atoms with Gasteiger partial charge in [-0.1, -0.05) is 88.7 Å². The van der Waals surface area contributed by atoms with Gasteiger partial charge in [-0.2, -0.15) is 0 Å². The van der Waals surface area contributed by atoms with Gasteiger partial charge in [0.05, 0.1) is 11.2 Å². The van der Waals surface area contributed by atoms with Crippen LogP contribution in [0, 0.1) is 0 Å². The van der Waals surface area contributed by atoms with Gasteiger partial charge in [-0.3, -0.25) is 20.2 Å². The van der Waals surface area contributed by atoms with Crippen LogP contribution in [0.4, 0.5) is 21.0 Å². The van der Waals surface area contributed by atoms with Crippen molar-refractivity contribution in [1.82, 2.24) is 0 Å². The maximum absolute atomic E-state index is 11.9. The van der Waals surface area contributed by atoms with E-state index < -0.39 is 41.7 Å². The summed E-state index contributed by atoms with van der Waals surface area (Å²) in [4.78, 5) is 44.5. The van der Waals surface area contributed by atoms with Crippen LogP contribution in [0.3, 0.4) is 0 Å². The summed E-state index contributed by atoms with van der Waals surface area (Å²) in [6, 6.07) is 30.0. The van der Waals surface area contributed by atoms with Crippen molar-refractivity contribution in [2.75, 3.05) is 10.6 Å². The van der Waals surface area contributed by atoms with Crippen LogP contribution in [-0.2, 0) is 30.5 Å². The molecule has 0 atom stereocenters. The molecule has 0 radical (unpaired) electrons. The van der Waals surface area contributed by atoms with E-state index in [1.165, 1.54) is 5.56 Å². The number of rotatable bonds is 8. The second kappa shape index (κ2) is 19.9. The number of hydrogen-bond donors (Lipinski definition) is 2. The summed E-state index contributed by atoms with van der Waals surface area (Å²) in [5.41, 5.74) is 5.09. The number of aldehydes is 2. The fourth-order valence-corrected chi connectivity index (χ4v) is 5.35. The molecule has 0 saturated carbocycles. The molecule has 4 aromatic rings. The summed E-state index contributed by atoms with van der Waals surface area (Å²) in [6.45, 7) is 19.0. The molecule has 2 amide bonds. The smallest absolute Gasteiger partial charge is 0.444 e. The second-order valence-corrected chi connectivity index (χ2v) is 16.8. The van der Waals surface area contributed by atoms with Crippen molar-refractivity contribution in [2.24, 2.45) is 0 Å². The lowest BCUT2D eigenvalue weighted by atomic mass is 9.79. The van der Waals surface area contributed by atoms with Gasteiger partial charge in [-0.25, -0.2) is 9.59 Å². The van der Waals surface area contributed by atoms with Crippen LogP contribution in [0.2, 0.25) is 0 Å². The Labute approximate surface area is 340 Å². The molecular formula is C44H54BBrN2O8. The van der Waals surface area contributed by atoms with Crippen LogP contribution in [0.15, 0.2) is 97.1 Å². The largest absolute Gasteiger partial charge is 0.494 e. The Bertz CT molecular complexity index is 1900. The van der Waals surface area contributed by atoms with Crippen LogP contribution in [0.25, 0.3) is 0 Å². The Hall–Kier alpha value is -4.78. The highest BCUT2D eigenvalue weighted by Gasteiger charge is 2.51. The molecule has 1 heterocycles. The Morgan fingerprint density at radius 2 is 1.07 bits per heavy atom. The van der Waals surface area contributed by atoms with Crippen LogP contribution in [0.1, 0.15) is 107 Å². The third-order valence-corrected chi connectivity index (χ3v) is 9.07. The van der Waals surface area contributed by atoms with Gasteiger partial charge in [0.1, 0.15) is 23.8 Å². The van der Waals surface area contributed by atoms with Crippen molar-refractivity contribution in [3.05, 3.63) is 125 Å². The standard InChI is InChI=1S/C19H21NO3.C17H26BNO4.C8H7BrO/c1-19(2,3)23-18(22)20-17-6-4-5-16(12-17)11-14-7-9-15(13-21)10-8-14;1-15(2,3)21-14(20)19-13-10-8-9-12(11-13)18-22-16(4,5)17(6,7)23-18;9-5-7-1-3-8(6-10)4-2-7/h4-10,12-13H,11H2,1-3H3,(H,20,22);8-11H,1-7H3,(H,19,20);1-4,6H,5H2. The molecule has 1 saturated heterocycles. The van der Waals surface area contributed by atoms with E-state index >= 15 is 0 Å². The van der Waals surface area contributed by atoms with Gasteiger partial charge in [0, 0.05) is 27.8 Å². The topological polar surface area (TPSA) is 129 Å². The maximum atomic E-state index is 11.9. The number of carbonyl (C=O) groups is 4. The zero-order valence-corrected chi connectivity index (χ0v) is 35.6. The summed E-state index contributed by atoms with van der Waals surface area (Å²) >= 11 is 3.32. The average molecular weight is 830 g/mol. The van der Waals surface area contributed by atoms with E-state index in [0.29, 0.717) is 16.9 Å². The number of amides is 2. The zero-order chi connectivity index (χ0) is 41.7. The molecule has 0 spiro atoms. The van der Waals surface area contributed by atoms with Crippen LogP contribution in [-0.4, -0.2) is 54.3 Å². The number of hydrogen-bond acceptors (Lipinski definition) is 8. The maximum Gasteiger partial charge on any atom is 0.494 e. The fraction of sp³-hybridized carbons (Fsp3) is 0.364. The first-order valence-electron chi connectivity index (χ1n) is 18.3. The number of alkyl halides is 1. The van der Waals surface area contributed by atoms with Crippen molar-refractivity contribution in [3.8, 4) is 0 Å². The van der Waals surface area contributed by atoms with Gasteiger partial charge < -0.3 is 18.8 Å². The van der Waals surface area contributed by atoms with E-state index in [2.05, 4.69) is 26.6 Å². The Morgan fingerprint density at radius 1 is 0.643 bits per heavy atom. The normalized spacial score (nSPS) is 14.2. The molecule has 1 aliphatic rings.